The fourth-order valence-corrected chi connectivity index (χ4v) is 4.93. The fraction of sp³-hybridized carbons (Fsp3) is 0.500. The van der Waals surface area contributed by atoms with Gasteiger partial charge < -0.3 is 11.1 Å². The topological polar surface area (TPSA) is 98.2 Å². The highest BCUT2D eigenvalue weighted by atomic mass is 32.2. The molecule has 31 heavy (non-hydrogen) atoms. The molecule has 2 aromatic rings. The van der Waals surface area contributed by atoms with E-state index in [9.17, 15) is 8.42 Å². The molecule has 0 heterocycles. The number of unbranched alkanes of at least 4 members (excludes halogenated alkanes) is 1. The Morgan fingerprint density at radius 1 is 1.03 bits per heavy atom. The molecule has 2 rings (SSSR count). The predicted octanol–water partition coefficient (Wildman–Crippen LogP) is 4.67. The van der Waals surface area contributed by atoms with Crippen LogP contribution >= 0.6 is 11.8 Å². The first-order chi connectivity index (χ1) is 14.5. The minimum absolute atomic E-state index is 0.244. The lowest BCUT2D eigenvalue weighted by atomic mass is 10.0. The van der Waals surface area contributed by atoms with Crippen molar-refractivity contribution in [3.63, 3.8) is 0 Å². The molecule has 0 saturated heterocycles. The average Bonchev–Trinajstić information content (AvgIpc) is 2.67. The molecule has 0 spiro atoms. The van der Waals surface area contributed by atoms with E-state index in [-0.39, 0.29) is 4.90 Å². The van der Waals surface area contributed by atoms with E-state index in [1.807, 2.05) is 44.2 Å². The smallest absolute Gasteiger partial charge is 0.238 e. The van der Waals surface area contributed by atoms with E-state index in [0.29, 0.717) is 25.0 Å². The molecule has 2 aromatic carbocycles. The molecule has 0 saturated carbocycles. The largest absolute Gasteiger partial charge is 0.328 e. The summed E-state index contributed by atoms with van der Waals surface area (Å²) in [6, 6.07) is 14.4. The summed E-state index contributed by atoms with van der Waals surface area (Å²) >= 11 is 1.72. The zero-order valence-corrected chi connectivity index (χ0v) is 21.2. The van der Waals surface area contributed by atoms with Crippen molar-refractivity contribution in [1.82, 2.24) is 5.32 Å². The lowest BCUT2D eigenvalue weighted by Gasteiger charge is -2.17. The molecule has 0 radical (unpaired) electrons. The number of primary sulfonamides is 1. The van der Waals surface area contributed by atoms with Crippen LogP contribution in [0.1, 0.15) is 64.2 Å². The van der Waals surface area contributed by atoms with Gasteiger partial charge >= 0.3 is 0 Å². The molecule has 0 aliphatic rings. The third kappa shape index (κ3) is 11.2. The number of thioether (sulfide) groups is 1. The summed E-state index contributed by atoms with van der Waals surface area (Å²) in [5.74, 6) is 0.962. The zero-order valence-electron chi connectivity index (χ0n) is 19.5. The normalized spacial score (nSPS) is 11.5. The average molecular weight is 466 g/mol. The molecule has 5 N–H and O–H groups in total. The van der Waals surface area contributed by atoms with Crippen molar-refractivity contribution in [2.24, 2.45) is 10.9 Å². The Hall–Kier alpha value is -1.38. The highest BCUT2D eigenvalue weighted by Crippen LogP contribution is 2.32. The zero-order chi connectivity index (χ0) is 23.4. The molecule has 0 fully saturated rings. The summed E-state index contributed by atoms with van der Waals surface area (Å²) in [5, 5.41) is 8.96. The van der Waals surface area contributed by atoms with Crippen LogP contribution in [0.15, 0.2) is 52.3 Å². The molecule has 0 aromatic heterocycles. The highest BCUT2D eigenvalue weighted by Gasteiger charge is 2.20. The van der Waals surface area contributed by atoms with Crippen LogP contribution < -0.4 is 16.2 Å². The van der Waals surface area contributed by atoms with E-state index in [1.165, 1.54) is 0 Å². The van der Waals surface area contributed by atoms with Gasteiger partial charge in [-0.25, -0.2) is 13.6 Å². The monoisotopic (exact) mass is 465 g/mol. The summed E-state index contributed by atoms with van der Waals surface area (Å²) in [6.45, 7) is 10.8. The number of rotatable bonds is 10. The summed E-state index contributed by atoms with van der Waals surface area (Å²) < 4.78 is 24.7. The van der Waals surface area contributed by atoms with Crippen molar-refractivity contribution in [2.45, 2.75) is 82.3 Å². The van der Waals surface area contributed by atoms with Crippen molar-refractivity contribution in [1.29, 1.82) is 0 Å². The van der Waals surface area contributed by atoms with Crippen LogP contribution in [-0.2, 0) is 23.0 Å². The van der Waals surface area contributed by atoms with Crippen LogP contribution in [0.2, 0.25) is 0 Å². The van der Waals surface area contributed by atoms with Crippen LogP contribution in [0.4, 0.5) is 0 Å². The van der Waals surface area contributed by atoms with Crippen LogP contribution in [-0.4, -0.2) is 26.3 Å². The number of benzene rings is 2. The number of nitrogens with one attached hydrogen (secondary N) is 1. The van der Waals surface area contributed by atoms with E-state index in [2.05, 4.69) is 32.2 Å². The molecule has 5 nitrogen and oxygen atoms in total. The molecule has 0 bridgehead atoms. The van der Waals surface area contributed by atoms with Crippen molar-refractivity contribution >= 4 is 21.8 Å². The summed E-state index contributed by atoms with van der Waals surface area (Å²) in [6.07, 6.45) is 2.76. The van der Waals surface area contributed by atoms with Crippen LogP contribution in [0.5, 0.6) is 0 Å². The van der Waals surface area contributed by atoms with E-state index in [1.54, 1.807) is 17.8 Å². The first kappa shape index (κ1) is 27.7. The van der Waals surface area contributed by atoms with Gasteiger partial charge in [0.1, 0.15) is 0 Å². The van der Waals surface area contributed by atoms with Gasteiger partial charge in [0, 0.05) is 17.5 Å². The summed E-state index contributed by atoms with van der Waals surface area (Å²) in [5.41, 5.74) is 7.94. The molecule has 0 atom stereocenters. The molecule has 0 unspecified atom stereocenters. The van der Waals surface area contributed by atoms with Gasteiger partial charge in [-0.15, -0.1) is 11.8 Å². The lowest BCUT2D eigenvalue weighted by Crippen LogP contribution is -2.23. The summed E-state index contributed by atoms with van der Waals surface area (Å²) in [7, 11) is -3.81. The van der Waals surface area contributed by atoms with Crippen molar-refractivity contribution in [3.05, 3.63) is 59.2 Å². The third-order valence-corrected chi connectivity index (χ3v) is 6.37. The number of sulfonamides is 1. The Kier molecular flexibility index (Phi) is 12.4. The minimum Gasteiger partial charge on any atom is -0.328 e. The fourth-order valence-electron chi connectivity index (χ4n) is 2.78. The maximum Gasteiger partial charge on any atom is 0.238 e. The number of hydrogen-bond donors (Lipinski definition) is 3. The highest BCUT2D eigenvalue weighted by molar-refractivity contribution is 7.99. The standard InChI is InChI=1S/C21H30N2O2S2.C3H9N/c1-4-5-11-26-20-13-18(15-23-16(2)3)14-21(27(22,24)25)19(20)12-17-9-7-6-8-10-17;1-3(2)4/h6-10,13-14,16,23H,4-5,11-12,15H2,1-3H3,(H2,22,24,25);3H,4H2,1-2H3. The Morgan fingerprint density at radius 2 is 1.65 bits per heavy atom. The van der Waals surface area contributed by atoms with Crippen LogP contribution in [0, 0.1) is 0 Å². The Bertz CT molecular complexity index is 880. The van der Waals surface area contributed by atoms with Crippen molar-refractivity contribution in [3.8, 4) is 0 Å². The van der Waals surface area contributed by atoms with Gasteiger partial charge in [-0.3, -0.25) is 0 Å². The quantitative estimate of drug-likeness (QED) is 0.350. The Labute approximate surface area is 193 Å². The molecule has 0 amide bonds. The molecular formula is C24H39N3O2S2. The maximum atomic E-state index is 12.4. The predicted molar refractivity (Wildman–Crippen MR) is 134 cm³/mol. The van der Waals surface area contributed by atoms with Gasteiger partial charge in [0.15, 0.2) is 0 Å². The first-order valence-corrected chi connectivity index (χ1v) is 13.4. The Balaban J connectivity index is 0.00000110. The van der Waals surface area contributed by atoms with Crippen LogP contribution in [0.25, 0.3) is 0 Å². The molecule has 0 aliphatic heterocycles. The van der Waals surface area contributed by atoms with E-state index >= 15 is 0 Å². The molecule has 0 aliphatic carbocycles. The van der Waals surface area contributed by atoms with Crippen LogP contribution in [0.3, 0.4) is 0 Å². The second-order valence-electron chi connectivity index (χ2n) is 8.26. The SMILES string of the molecule is CC(C)N.CCCCSc1cc(CNC(C)C)cc(S(N)(=O)=O)c1Cc1ccccc1. The van der Waals surface area contributed by atoms with Gasteiger partial charge in [0.2, 0.25) is 10.0 Å². The first-order valence-electron chi connectivity index (χ1n) is 10.9. The second kappa shape index (κ2) is 13.9. The molecule has 7 heteroatoms. The van der Waals surface area contributed by atoms with E-state index in [0.717, 1.165) is 40.2 Å². The third-order valence-electron chi connectivity index (χ3n) is 4.23. The van der Waals surface area contributed by atoms with Crippen molar-refractivity contribution in [2.75, 3.05) is 5.75 Å². The molecule has 174 valence electrons. The van der Waals surface area contributed by atoms with E-state index < -0.39 is 10.0 Å². The van der Waals surface area contributed by atoms with Gasteiger partial charge in [0.05, 0.1) is 4.90 Å². The van der Waals surface area contributed by atoms with Gasteiger partial charge in [0.25, 0.3) is 0 Å². The Morgan fingerprint density at radius 3 is 2.16 bits per heavy atom. The van der Waals surface area contributed by atoms with Crippen molar-refractivity contribution < 1.29 is 8.42 Å². The van der Waals surface area contributed by atoms with Gasteiger partial charge in [-0.2, -0.15) is 0 Å². The van der Waals surface area contributed by atoms with Gasteiger partial charge in [-0.05, 0) is 53.5 Å². The maximum absolute atomic E-state index is 12.4. The summed E-state index contributed by atoms with van der Waals surface area (Å²) in [4.78, 5) is 1.26. The molecular weight excluding hydrogens is 426 g/mol. The number of hydrogen-bond acceptors (Lipinski definition) is 5. The van der Waals surface area contributed by atoms with E-state index in [4.69, 9.17) is 10.9 Å². The van der Waals surface area contributed by atoms with Gasteiger partial charge in [-0.1, -0.05) is 71.4 Å². The second-order valence-corrected chi connectivity index (χ2v) is 10.9. The minimum atomic E-state index is -3.81. The number of nitrogens with two attached hydrogens (primary N) is 2. The lowest BCUT2D eigenvalue weighted by molar-refractivity contribution is 0.585.